The van der Waals surface area contributed by atoms with Crippen LogP contribution in [0.3, 0.4) is 0 Å². The highest BCUT2D eigenvalue weighted by molar-refractivity contribution is 5.91. The number of hydrogen-bond donors (Lipinski definition) is 2. The molecule has 4 rings (SSSR count). The van der Waals surface area contributed by atoms with Gasteiger partial charge in [0, 0.05) is 0 Å². The van der Waals surface area contributed by atoms with E-state index in [1.807, 2.05) is 13.8 Å². The molecule has 4 atom stereocenters. The number of carbonyl (C=O) groups excluding carboxylic acids is 2. The highest BCUT2D eigenvalue weighted by Crippen LogP contribution is 2.22. The molecule has 290 valence electrons. The normalized spacial score (nSPS) is 13.2. The molecule has 12 nitrogen and oxygen atoms in total. The molecule has 2 N–H and O–H groups in total. The minimum Gasteiger partial charge on any atom is -0.494 e. The molecule has 0 spiro atoms. The first-order valence-corrected chi connectivity index (χ1v) is 18.0. The van der Waals surface area contributed by atoms with E-state index in [0.29, 0.717) is 72.1 Å². The van der Waals surface area contributed by atoms with Crippen LogP contribution in [-0.2, 0) is 9.47 Å². The number of aliphatic hydroxyl groups excluding tert-OH is 2. The maximum absolute atomic E-state index is 12.6. The van der Waals surface area contributed by atoms with E-state index in [-0.39, 0.29) is 25.4 Å². The molecule has 4 aromatic carbocycles. The van der Waals surface area contributed by atoms with E-state index in [9.17, 15) is 19.8 Å². The third kappa shape index (κ3) is 15.5. The van der Waals surface area contributed by atoms with Crippen molar-refractivity contribution in [2.24, 2.45) is 0 Å². The van der Waals surface area contributed by atoms with Gasteiger partial charge in [-0.25, -0.2) is 9.59 Å². The summed E-state index contributed by atoms with van der Waals surface area (Å²) in [5, 5.41) is 18.6. The first kappa shape index (κ1) is 41.6. The molecule has 0 saturated heterocycles. The summed E-state index contributed by atoms with van der Waals surface area (Å²) in [6, 6.07) is 27.0. The predicted octanol–water partition coefficient (Wildman–Crippen LogP) is 6.69. The highest BCUT2D eigenvalue weighted by Gasteiger charge is 2.12. The summed E-state index contributed by atoms with van der Waals surface area (Å²) in [6.07, 6.45) is 0.0713. The average Bonchev–Trinajstić information content (AvgIpc) is 3.17. The van der Waals surface area contributed by atoms with Gasteiger partial charge in [0.15, 0.2) is 0 Å². The van der Waals surface area contributed by atoms with Crippen LogP contribution in [0.5, 0.6) is 34.5 Å². The Bertz CT molecular complexity index is 1540. The number of ether oxygens (including phenoxy) is 8. The fraction of sp³-hybridized carbons (Fsp3) is 0.381. The second-order valence-electron chi connectivity index (χ2n) is 12.8. The SMILES string of the molecule is CC(O)COC(C)COc1ccc(OC(=O)c2ccc(OCCCCOc3ccc(C(=O)Oc4ccc(OCC(C)OCC(C)O)cc4)cc3)cc2)cc1. The average molecular weight is 747 g/mol. The molecule has 12 heteroatoms. The first-order chi connectivity index (χ1) is 26.0. The number of hydrogen-bond acceptors (Lipinski definition) is 12. The van der Waals surface area contributed by atoms with E-state index >= 15 is 0 Å². The fourth-order valence-corrected chi connectivity index (χ4v) is 4.63. The van der Waals surface area contributed by atoms with Crippen LogP contribution in [-0.4, -0.2) is 86.2 Å². The molecular formula is C42H50O12. The van der Waals surface area contributed by atoms with Crippen molar-refractivity contribution in [1.29, 1.82) is 0 Å². The lowest BCUT2D eigenvalue weighted by Gasteiger charge is -2.15. The maximum Gasteiger partial charge on any atom is 0.343 e. The summed E-state index contributed by atoms with van der Waals surface area (Å²) < 4.78 is 44.9. The van der Waals surface area contributed by atoms with Crippen LogP contribution in [0.25, 0.3) is 0 Å². The molecule has 0 heterocycles. The smallest absolute Gasteiger partial charge is 0.343 e. The van der Waals surface area contributed by atoms with Crippen molar-refractivity contribution >= 4 is 11.9 Å². The van der Waals surface area contributed by atoms with E-state index in [1.165, 1.54) is 0 Å². The molecule has 4 aromatic rings. The Balaban J connectivity index is 1.08. The lowest BCUT2D eigenvalue weighted by molar-refractivity contribution is -0.0132. The van der Waals surface area contributed by atoms with Gasteiger partial charge in [0.2, 0.25) is 0 Å². The van der Waals surface area contributed by atoms with Crippen molar-refractivity contribution in [2.45, 2.75) is 65.0 Å². The molecule has 0 radical (unpaired) electrons. The molecular weight excluding hydrogens is 696 g/mol. The van der Waals surface area contributed by atoms with Gasteiger partial charge >= 0.3 is 11.9 Å². The summed E-state index contributed by atoms with van der Waals surface area (Å²) >= 11 is 0. The monoisotopic (exact) mass is 746 g/mol. The molecule has 54 heavy (non-hydrogen) atoms. The standard InChI is InChI=1S/C42H50O12/c1-29(43)25-49-31(3)27-51-37-15-19-39(20-16-37)53-41(45)33-7-11-35(12-8-33)47-23-5-6-24-48-36-13-9-34(10-14-36)42(46)54-40-21-17-38(18-22-40)52-28-32(4)50-26-30(2)44/h7-22,29-32,43-44H,5-6,23-28H2,1-4H3. The van der Waals surface area contributed by atoms with Crippen LogP contribution in [0.2, 0.25) is 0 Å². The maximum atomic E-state index is 12.6. The van der Waals surface area contributed by atoms with Crippen molar-refractivity contribution in [3.05, 3.63) is 108 Å². The van der Waals surface area contributed by atoms with E-state index in [2.05, 4.69) is 0 Å². The summed E-state index contributed by atoms with van der Waals surface area (Å²) in [7, 11) is 0. The molecule has 0 fully saturated rings. The zero-order chi connectivity index (χ0) is 38.7. The predicted molar refractivity (Wildman–Crippen MR) is 201 cm³/mol. The lowest BCUT2D eigenvalue weighted by atomic mass is 10.2. The highest BCUT2D eigenvalue weighted by atomic mass is 16.6. The Hall–Kier alpha value is -5.14. The van der Waals surface area contributed by atoms with Gasteiger partial charge in [-0.2, -0.15) is 0 Å². The molecule has 4 unspecified atom stereocenters. The third-order valence-electron chi connectivity index (χ3n) is 7.54. The first-order valence-electron chi connectivity index (χ1n) is 18.0. The van der Waals surface area contributed by atoms with E-state index in [4.69, 9.17) is 37.9 Å². The second kappa shape index (κ2) is 22.2. The largest absolute Gasteiger partial charge is 0.494 e. The van der Waals surface area contributed by atoms with Gasteiger partial charge in [0.25, 0.3) is 0 Å². The number of unbranched alkanes of at least 4 members (excludes halogenated alkanes) is 1. The Labute approximate surface area is 316 Å². The van der Waals surface area contributed by atoms with Gasteiger partial charge in [-0.05, 0) is 138 Å². The van der Waals surface area contributed by atoms with E-state index in [1.54, 1.807) is 111 Å². The second-order valence-corrected chi connectivity index (χ2v) is 12.8. The van der Waals surface area contributed by atoms with Crippen LogP contribution < -0.4 is 28.4 Å². The topological polar surface area (TPSA) is 148 Å². The molecule has 0 aliphatic carbocycles. The molecule has 0 aromatic heterocycles. The molecule has 0 bridgehead atoms. The summed E-state index contributed by atoms with van der Waals surface area (Å²) in [6.45, 7) is 9.12. The van der Waals surface area contributed by atoms with Gasteiger partial charge in [0.1, 0.15) is 47.7 Å². The van der Waals surface area contributed by atoms with Gasteiger partial charge in [-0.1, -0.05) is 0 Å². The van der Waals surface area contributed by atoms with Crippen molar-refractivity contribution in [2.75, 3.05) is 39.6 Å². The van der Waals surface area contributed by atoms with Gasteiger partial charge in [-0.15, -0.1) is 0 Å². The Morgan fingerprint density at radius 3 is 1.07 bits per heavy atom. The molecule has 0 saturated carbocycles. The van der Waals surface area contributed by atoms with E-state index < -0.39 is 24.1 Å². The number of carbonyl (C=O) groups is 2. The van der Waals surface area contributed by atoms with Gasteiger partial charge in [0.05, 0.1) is 62.0 Å². The van der Waals surface area contributed by atoms with Gasteiger partial charge < -0.3 is 48.1 Å². The van der Waals surface area contributed by atoms with Crippen LogP contribution in [0.15, 0.2) is 97.1 Å². The Morgan fingerprint density at radius 2 is 0.741 bits per heavy atom. The fourth-order valence-electron chi connectivity index (χ4n) is 4.63. The number of rotatable bonds is 23. The minimum absolute atomic E-state index is 0.181. The number of benzene rings is 4. The molecule has 0 aliphatic rings. The van der Waals surface area contributed by atoms with Crippen molar-refractivity contribution in [3.8, 4) is 34.5 Å². The summed E-state index contributed by atoms with van der Waals surface area (Å²) in [5.74, 6) is 2.29. The van der Waals surface area contributed by atoms with Crippen LogP contribution >= 0.6 is 0 Å². The van der Waals surface area contributed by atoms with Crippen molar-refractivity contribution < 1.29 is 57.7 Å². The Kier molecular flexibility index (Phi) is 17.1. The molecule has 0 amide bonds. The van der Waals surface area contributed by atoms with Crippen LogP contribution in [0, 0.1) is 0 Å². The zero-order valence-corrected chi connectivity index (χ0v) is 31.2. The van der Waals surface area contributed by atoms with Gasteiger partial charge in [-0.3, -0.25) is 0 Å². The quantitative estimate of drug-likeness (QED) is 0.0473. The lowest BCUT2D eigenvalue weighted by Crippen LogP contribution is -2.22. The minimum atomic E-state index is -0.534. The zero-order valence-electron chi connectivity index (χ0n) is 31.2. The van der Waals surface area contributed by atoms with Crippen LogP contribution in [0.4, 0.5) is 0 Å². The summed E-state index contributed by atoms with van der Waals surface area (Å²) in [5.41, 5.74) is 0.781. The Morgan fingerprint density at radius 1 is 0.444 bits per heavy atom. The number of esters is 2. The van der Waals surface area contributed by atoms with Crippen LogP contribution in [0.1, 0.15) is 61.3 Å². The van der Waals surface area contributed by atoms with E-state index in [0.717, 1.165) is 12.8 Å². The van der Waals surface area contributed by atoms with Crippen molar-refractivity contribution in [1.82, 2.24) is 0 Å². The summed E-state index contributed by atoms with van der Waals surface area (Å²) in [4.78, 5) is 25.2. The molecule has 0 aliphatic heterocycles. The number of aliphatic hydroxyl groups is 2. The van der Waals surface area contributed by atoms with Crippen molar-refractivity contribution in [3.63, 3.8) is 0 Å². The third-order valence-corrected chi connectivity index (χ3v) is 7.54.